The lowest BCUT2D eigenvalue weighted by molar-refractivity contribution is 0.102. The van der Waals surface area contributed by atoms with Crippen LogP contribution in [0.4, 0.5) is 15.8 Å². The predicted octanol–water partition coefficient (Wildman–Crippen LogP) is 2.46. The van der Waals surface area contributed by atoms with E-state index in [1.165, 1.54) is 6.07 Å². The summed E-state index contributed by atoms with van der Waals surface area (Å²) in [5.41, 5.74) is 9.39. The van der Waals surface area contributed by atoms with Crippen LogP contribution < -0.4 is 16.0 Å². The highest BCUT2D eigenvalue weighted by Crippen LogP contribution is 2.31. The highest BCUT2D eigenvalue weighted by atomic mass is 19.1. The van der Waals surface area contributed by atoms with E-state index in [9.17, 15) is 9.18 Å². The Bertz CT molecular complexity index is 1290. The van der Waals surface area contributed by atoms with Gasteiger partial charge < -0.3 is 20.4 Å². The van der Waals surface area contributed by atoms with E-state index in [4.69, 9.17) is 5.73 Å². The van der Waals surface area contributed by atoms with Crippen LogP contribution in [0, 0.1) is 12.7 Å². The number of hydrogen-bond donors (Lipinski definition) is 2. The first-order chi connectivity index (χ1) is 14.4. The largest absolute Gasteiger partial charge is 0.369 e. The summed E-state index contributed by atoms with van der Waals surface area (Å²) in [5.74, 6) is -0.844. The van der Waals surface area contributed by atoms with Gasteiger partial charge in [-0.05, 0) is 25.5 Å². The molecule has 1 aliphatic rings. The molecular weight excluding hydrogens is 385 g/mol. The third-order valence-corrected chi connectivity index (χ3v) is 5.46. The number of nitrogens with one attached hydrogen (secondary N) is 1. The Balaban J connectivity index is 1.51. The monoisotopic (exact) mass is 407 g/mol. The lowest BCUT2D eigenvalue weighted by Crippen LogP contribution is -2.26. The third kappa shape index (κ3) is 3.07. The molecule has 1 saturated heterocycles. The standard InChI is InChI=1S/C21H22FN7O/c1-12-8-29-10-14(7-17(22)20(29)24-12)25-21(30)15-3-4-18(28-6-5-13(23)9-28)16-11-27(2)26-19(15)16/h3-4,7-8,10-11,13H,5-6,9,23H2,1-2H3,(H,25,30)/t13-/m1/s1. The Hall–Kier alpha value is -3.46. The number of nitrogens with two attached hydrogens (primary N) is 1. The second-order valence-corrected chi connectivity index (χ2v) is 7.84. The molecule has 4 aromatic rings. The van der Waals surface area contributed by atoms with E-state index in [0.29, 0.717) is 22.5 Å². The molecule has 1 amide bonds. The molecule has 154 valence electrons. The Kier molecular flexibility index (Phi) is 4.21. The summed E-state index contributed by atoms with van der Waals surface area (Å²) in [5, 5.41) is 8.19. The number of carbonyl (C=O) groups excluding carboxylic acids is 1. The van der Waals surface area contributed by atoms with Crippen molar-refractivity contribution in [1.82, 2.24) is 19.2 Å². The molecule has 1 fully saturated rings. The molecule has 1 atom stereocenters. The van der Waals surface area contributed by atoms with Crippen LogP contribution in [0.1, 0.15) is 22.5 Å². The second-order valence-electron chi connectivity index (χ2n) is 7.84. The maximum Gasteiger partial charge on any atom is 0.257 e. The van der Waals surface area contributed by atoms with E-state index in [2.05, 4.69) is 20.3 Å². The van der Waals surface area contributed by atoms with Crippen molar-refractivity contribution >= 4 is 33.8 Å². The predicted molar refractivity (Wildman–Crippen MR) is 113 cm³/mol. The van der Waals surface area contributed by atoms with Crippen molar-refractivity contribution in [1.29, 1.82) is 0 Å². The minimum atomic E-state index is -0.496. The molecule has 0 unspecified atom stereocenters. The van der Waals surface area contributed by atoms with Crippen molar-refractivity contribution in [2.24, 2.45) is 12.8 Å². The van der Waals surface area contributed by atoms with E-state index < -0.39 is 5.82 Å². The van der Waals surface area contributed by atoms with Gasteiger partial charge in [0.2, 0.25) is 0 Å². The molecule has 5 rings (SSSR count). The molecular formula is C21H22FN7O. The van der Waals surface area contributed by atoms with Gasteiger partial charge >= 0.3 is 0 Å². The number of halogens is 1. The van der Waals surface area contributed by atoms with Gasteiger partial charge in [0.1, 0.15) is 5.52 Å². The summed E-state index contributed by atoms with van der Waals surface area (Å²) in [7, 11) is 1.83. The van der Waals surface area contributed by atoms with Crippen molar-refractivity contribution in [2.45, 2.75) is 19.4 Å². The Morgan fingerprint density at radius 1 is 1.30 bits per heavy atom. The first-order valence-electron chi connectivity index (χ1n) is 9.82. The van der Waals surface area contributed by atoms with E-state index in [1.807, 2.05) is 19.3 Å². The zero-order valence-electron chi connectivity index (χ0n) is 16.8. The van der Waals surface area contributed by atoms with Gasteiger partial charge in [-0.3, -0.25) is 9.48 Å². The zero-order valence-corrected chi connectivity index (χ0v) is 16.8. The maximum atomic E-state index is 14.4. The number of imidazole rings is 1. The lowest BCUT2D eigenvalue weighted by Gasteiger charge is -2.19. The highest BCUT2D eigenvalue weighted by Gasteiger charge is 2.24. The van der Waals surface area contributed by atoms with Crippen LogP contribution in [0.15, 0.2) is 36.8 Å². The quantitative estimate of drug-likeness (QED) is 0.544. The van der Waals surface area contributed by atoms with E-state index in [-0.39, 0.29) is 17.6 Å². The smallest absolute Gasteiger partial charge is 0.257 e. The van der Waals surface area contributed by atoms with Gasteiger partial charge in [-0.15, -0.1) is 0 Å². The number of carbonyl (C=O) groups is 1. The van der Waals surface area contributed by atoms with Crippen LogP contribution in [0.5, 0.6) is 0 Å². The number of rotatable bonds is 3. The number of nitrogens with zero attached hydrogens (tertiary/aromatic N) is 5. The highest BCUT2D eigenvalue weighted by molar-refractivity contribution is 6.13. The Morgan fingerprint density at radius 2 is 2.13 bits per heavy atom. The van der Waals surface area contributed by atoms with Crippen molar-refractivity contribution in [3.05, 3.63) is 53.9 Å². The number of fused-ring (bicyclic) bond motifs is 2. The number of anilines is 2. The van der Waals surface area contributed by atoms with Gasteiger partial charge in [0.25, 0.3) is 5.91 Å². The number of amides is 1. The van der Waals surface area contributed by atoms with Crippen LogP contribution in [-0.4, -0.2) is 44.2 Å². The van der Waals surface area contributed by atoms with Gasteiger partial charge in [-0.25, -0.2) is 9.37 Å². The topological polar surface area (TPSA) is 93.5 Å². The Labute approximate surface area is 172 Å². The first kappa shape index (κ1) is 18.6. The SMILES string of the molecule is Cc1cn2cc(NC(=O)c3ccc(N4CC[C@@H](N)C4)c4cn(C)nc34)cc(F)c2n1. The molecule has 0 saturated carbocycles. The maximum absolute atomic E-state index is 14.4. The van der Waals surface area contributed by atoms with Gasteiger partial charge in [0.15, 0.2) is 11.5 Å². The molecule has 1 aliphatic heterocycles. The minimum absolute atomic E-state index is 0.149. The van der Waals surface area contributed by atoms with Crippen LogP contribution >= 0.6 is 0 Å². The van der Waals surface area contributed by atoms with Crippen molar-refractivity contribution in [3.63, 3.8) is 0 Å². The zero-order chi connectivity index (χ0) is 21.0. The summed E-state index contributed by atoms with van der Waals surface area (Å²) in [6.45, 7) is 3.44. The molecule has 4 heterocycles. The normalized spacial score (nSPS) is 16.7. The number of benzene rings is 1. The van der Waals surface area contributed by atoms with Crippen molar-refractivity contribution in [2.75, 3.05) is 23.3 Å². The summed E-state index contributed by atoms with van der Waals surface area (Å²) in [6.07, 6.45) is 6.20. The van der Waals surface area contributed by atoms with Gasteiger partial charge in [0, 0.05) is 61.9 Å². The summed E-state index contributed by atoms with van der Waals surface area (Å²) >= 11 is 0. The molecule has 0 bridgehead atoms. The second kappa shape index (κ2) is 6.81. The molecule has 8 nitrogen and oxygen atoms in total. The van der Waals surface area contributed by atoms with E-state index in [0.717, 1.165) is 30.6 Å². The number of aromatic nitrogens is 4. The van der Waals surface area contributed by atoms with Crippen LogP contribution in [0.25, 0.3) is 16.6 Å². The summed E-state index contributed by atoms with van der Waals surface area (Å²) in [6, 6.07) is 5.12. The van der Waals surface area contributed by atoms with Crippen LogP contribution in [-0.2, 0) is 7.05 Å². The average molecular weight is 407 g/mol. The van der Waals surface area contributed by atoms with Gasteiger partial charge in [-0.2, -0.15) is 5.10 Å². The van der Waals surface area contributed by atoms with Crippen LogP contribution in [0.2, 0.25) is 0 Å². The minimum Gasteiger partial charge on any atom is -0.369 e. The average Bonchev–Trinajstić information content (AvgIpc) is 3.38. The van der Waals surface area contributed by atoms with Gasteiger partial charge in [-0.1, -0.05) is 0 Å². The molecule has 9 heteroatoms. The fraction of sp³-hybridized carbons (Fsp3) is 0.286. The van der Waals surface area contributed by atoms with Crippen molar-refractivity contribution in [3.8, 4) is 0 Å². The van der Waals surface area contributed by atoms with E-state index in [1.54, 1.807) is 34.5 Å². The van der Waals surface area contributed by atoms with Gasteiger partial charge in [0.05, 0.1) is 16.9 Å². The molecule has 3 N–H and O–H groups in total. The number of aryl methyl sites for hydroxylation is 2. The summed E-state index contributed by atoms with van der Waals surface area (Å²) in [4.78, 5) is 19.4. The molecule has 0 aliphatic carbocycles. The summed E-state index contributed by atoms with van der Waals surface area (Å²) < 4.78 is 17.6. The molecule has 30 heavy (non-hydrogen) atoms. The van der Waals surface area contributed by atoms with Crippen molar-refractivity contribution < 1.29 is 9.18 Å². The number of hydrogen-bond acceptors (Lipinski definition) is 5. The number of pyridine rings is 1. The van der Waals surface area contributed by atoms with E-state index >= 15 is 0 Å². The first-order valence-corrected chi connectivity index (χ1v) is 9.82. The Morgan fingerprint density at radius 3 is 2.90 bits per heavy atom. The molecule has 1 aromatic carbocycles. The fourth-order valence-corrected chi connectivity index (χ4v) is 4.12. The molecule has 0 radical (unpaired) electrons. The third-order valence-electron chi connectivity index (χ3n) is 5.46. The molecule has 0 spiro atoms. The molecule has 3 aromatic heterocycles. The van der Waals surface area contributed by atoms with Crippen LogP contribution in [0.3, 0.4) is 0 Å². The lowest BCUT2D eigenvalue weighted by atomic mass is 10.1. The fourth-order valence-electron chi connectivity index (χ4n) is 4.12.